The monoisotopic (exact) mass is 592 g/mol. The van der Waals surface area contributed by atoms with Crippen molar-refractivity contribution < 1.29 is 0 Å². The number of halogens is 1. The van der Waals surface area contributed by atoms with E-state index in [1.807, 2.05) is 42.7 Å². The molecule has 12 heteroatoms. The molecular formula is C31H34BClN10. The van der Waals surface area contributed by atoms with Gasteiger partial charge in [-0.15, -0.1) is 0 Å². The van der Waals surface area contributed by atoms with Crippen LogP contribution in [-0.2, 0) is 6.54 Å². The fourth-order valence-corrected chi connectivity index (χ4v) is 5.06. The summed E-state index contributed by atoms with van der Waals surface area (Å²) in [5.41, 5.74) is 10.5. The number of rotatable bonds is 6. The molecule has 3 N–H and O–H groups in total. The Balaban J connectivity index is 0.00000102. The molecule has 1 aliphatic heterocycles. The van der Waals surface area contributed by atoms with E-state index >= 15 is 0 Å². The van der Waals surface area contributed by atoms with Crippen LogP contribution in [0.15, 0.2) is 67.0 Å². The van der Waals surface area contributed by atoms with E-state index in [9.17, 15) is 0 Å². The maximum atomic E-state index is 9.02. The number of fused-ring (bicyclic) bond motifs is 1. The largest absolute Gasteiger partial charge is 0.383 e. The lowest BCUT2D eigenvalue weighted by Crippen LogP contribution is -2.38. The van der Waals surface area contributed by atoms with Crippen LogP contribution in [0, 0.1) is 11.3 Å². The van der Waals surface area contributed by atoms with Crippen molar-refractivity contribution in [3.8, 4) is 23.1 Å². The quantitative estimate of drug-likeness (QED) is 0.188. The minimum Gasteiger partial charge on any atom is -0.383 e. The Bertz CT molecular complexity index is 1670. The Morgan fingerprint density at radius 2 is 1.72 bits per heavy atom. The van der Waals surface area contributed by atoms with Crippen molar-refractivity contribution in [2.45, 2.75) is 46.1 Å². The van der Waals surface area contributed by atoms with Crippen LogP contribution in [0.2, 0.25) is 12.0 Å². The Labute approximate surface area is 258 Å². The van der Waals surface area contributed by atoms with Gasteiger partial charge in [0.2, 0.25) is 5.82 Å². The average Bonchev–Trinajstić information content (AvgIpc) is 3.43. The van der Waals surface area contributed by atoms with E-state index in [1.54, 1.807) is 24.5 Å². The van der Waals surface area contributed by atoms with E-state index in [0.29, 0.717) is 34.3 Å². The van der Waals surface area contributed by atoms with Gasteiger partial charge in [0.1, 0.15) is 28.4 Å². The third kappa shape index (κ3) is 7.47. The number of anilines is 2. The Hall–Kier alpha value is -4.53. The van der Waals surface area contributed by atoms with E-state index in [4.69, 9.17) is 27.6 Å². The molecule has 0 atom stereocenters. The zero-order valence-corrected chi connectivity index (χ0v) is 25.3. The second-order valence-electron chi connectivity index (χ2n) is 9.42. The fourth-order valence-electron chi connectivity index (χ4n) is 4.91. The maximum absolute atomic E-state index is 9.02. The van der Waals surface area contributed by atoms with Gasteiger partial charge in [-0.2, -0.15) is 5.26 Å². The predicted octanol–water partition coefficient (Wildman–Crippen LogP) is 5.69. The number of nitrogens with two attached hydrogens (primary N) is 1. The Morgan fingerprint density at radius 1 is 0.977 bits per heavy atom. The summed E-state index contributed by atoms with van der Waals surface area (Å²) in [4.78, 5) is 24.2. The van der Waals surface area contributed by atoms with E-state index in [0.717, 1.165) is 49.2 Å². The molecule has 6 rings (SSSR count). The molecule has 5 aromatic rings. The molecule has 0 aliphatic carbocycles. The molecule has 218 valence electrons. The summed E-state index contributed by atoms with van der Waals surface area (Å²) < 4.78 is 1.97. The van der Waals surface area contributed by atoms with Crippen LogP contribution < -0.4 is 11.1 Å². The van der Waals surface area contributed by atoms with Crippen molar-refractivity contribution in [3.05, 3.63) is 83.5 Å². The number of likely N-dealkylation sites (tertiary alicyclic amines) is 1. The van der Waals surface area contributed by atoms with Crippen molar-refractivity contribution in [1.82, 2.24) is 34.4 Å². The lowest BCUT2D eigenvalue weighted by Gasteiger charge is -2.32. The van der Waals surface area contributed by atoms with Crippen molar-refractivity contribution in [3.63, 3.8) is 0 Å². The van der Waals surface area contributed by atoms with E-state index in [2.05, 4.69) is 62.3 Å². The van der Waals surface area contributed by atoms with Crippen LogP contribution in [0.4, 0.5) is 11.6 Å². The minimum atomic E-state index is 0.180. The number of nitrogens with one attached hydrogen (secondary N) is 1. The number of hydrogen-bond donors (Lipinski definition) is 2. The minimum absolute atomic E-state index is 0.180. The van der Waals surface area contributed by atoms with Gasteiger partial charge >= 0.3 is 0 Å². The third-order valence-electron chi connectivity index (χ3n) is 6.85. The number of nitriles is 1. The molecular weight excluding hydrogens is 559 g/mol. The third-order valence-corrected chi connectivity index (χ3v) is 7.06. The maximum Gasteiger partial charge on any atom is 0.234 e. The van der Waals surface area contributed by atoms with Crippen LogP contribution in [0.5, 0.6) is 0 Å². The van der Waals surface area contributed by atoms with Gasteiger partial charge in [0.05, 0.1) is 13.4 Å². The predicted molar refractivity (Wildman–Crippen MR) is 173 cm³/mol. The van der Waals surface area contributed by atoms with Gasteiger partial charge < -0.3 is 11.1 Å². The number of nitrogen functional groups attached to an aromatic ring is 1. The number of pyridine rings is 2. The SMILES string of the molecule is CC.N#Cc1nccc(NC2CCN(Cc3ccc(-n4c(-c5cccnc5N)nc5ccc(Cl)nc54)cc3)CC2)n1.[B]C. The molecule has 2 radical (unpaired) electrons. The zero-order valence-electron chi connectivity index (χ0n) is 24.6. The van der Waals surface area contributed by atoms with Crippen LogP contribution in [0.3, 0.4) is 0 Å². The van der Waals surface area contributed by atoms with Crippen molar-refractivity contribution in [1.29, 1.82) is 5.26 Å². The second-order valence-corrected chi connectivity index (χ2v) is 9.81. The summed E-state index contributed by atoms with van der Waals surface area (Å²) in [5, 5.41) is 12.9. The van der Waals surface area contributed by atoms with Gasteiger partial charge in [0.25, 0.3) is 0 Å². The number of piperidine rings is 1. The molecule has 4 aromatic heterocycles. The van der Waals surface area contributed by atoms with E-state index in [-0.39, 0.29) is 5.82 Å². The molecule has 0 spiro atoms. The van der Waals surface area contributed by atoms with Crippen molar-refractivity contribution in [2.24, 2.45) is 0 Å². The highest BCUT2D eigenvalue weighted by Gasteiger charge is 2.21. The van der Waals surface area contributed by atoms with Gasteiger partial charge in [0.15, 0.2) is 11.5 Å². The molecule has 0 unspecified atom stereocenters. The van der Waals surface area contributed by atoms with Gasteiger partial charge in [0, 0.05) is 43.8 Å². The lowest BCUT2D eigenvalue weighted by atomic mass is 10.0. The highest BCUT2D eigenvalue weighted by Crippen LogP contribution is 2.31. The van der Waals surface area contributed by atoms with Crippen LogP contribution in [0.1, 0.15) is 38.1 Å². The molecule has 1 saturated heterocycles. The van der Waals surface area contributed by atoms with Crippen LogP contribution in [-0.4, -0.2) is 61.4 Å². The molecule has 5 heterocycles. The van der Waals surface area contributed by atoms with Crippen LogP contribution in [0.25, 0.3) is 28.2 Å². The number of imidazole rings is 1. The zero-order chi connectivity index (χ0) is 30.8. The highest BCUT2D eigenvalue weighted by molar-refractivity contribution is 6.29. The lowest BCUT2D eigenvalue weighted by molar-refractivity contribution is 0.211. The summed E-state index contributed by atoms with van der Waals surface area (Å²) >= 11 is 6.25. The number of benzene rings is 1. The molecule has 1 aromatic carbocycles. The molecule has 10 nitrogen and oxygen atoms in total. The summed E-state index contributed by atoms with van der Waals surface area (Å²) in [6.45, 7) is 8.29. The van der Waals surface area contributed by atoms with Gasteiger partial charge in [-0.25, -0.2) is 24.9 Å². The first-order chi connectivity index (χ1) is 21.1. The summed E-state index contributed by atoms with van der Waals surface area (Å²) in [6, 6.07) is 19.9. The molecule has 0 saturated carbocycles. The van der Waals surface area contributed by atoms with Gasteiger partial charge in [-0.05, 0) is 60.9 Å². The summed E-state index contributed by atoms with van der Waals surface area (Å²) in [5.74, 6) is 1.95. The summed E-state index contributed by atoms with van der Waals surface area (Å²) in [6.07, 6.45) is 5.26. The molecule has 0 bridgehead atoms. The van der Waals surface area contributed by atoms with E-state index in [1.165, 1.54) is 12.4 Å². The number of aromatic nitrogens is 6. The fraction of sp³-hybridized carbons (Fsp3) is 0.290. The first-order valence-corrected chi connectivity index (χ1v) is 14.6. The van der Waals surface area contributed by atoms with Gasteiger partial charge in [-0.1, -0.05) is 44.4 Å². The number of nitrogens with zero attached hydrogens (tertiary/aromatic N) is 8. The van der Waals surface area contributed by atoms with Crippen molar-refractivity contribution in [2.75, 3.05) is 24.1 Å². The summed E-state index contributed by atoms with van der Waals surface area (Å²) in [7, 11) is 4.50. The first-order valence-electron chi connectivity index (χ1n) is 14.2. The first kappa shape index (κ1) is 31.4. The van der Waals surface area contributed by atoms with Crippen LogP contribution >= 0.6 is 11.6 Å². The molecule has 43 heavy (non-hydrogen) atoms. The number of hydrogen-bond acceptors (Lipinski definition) is 9. The van der Waals surface area contributed by atoms with Crippen molar-refractivity contribution >= 4 is 42.2 Å². The Kier molecular flexibility index (Phi) is 11.0. The highest BCUT2D eigenvalue weighted by atomic mass is 35.5. The average molecular weight is 593 g/mol. The standard InChI is InChI=1S/C28H25ClN10.C2H6.CH3B/c29-23-8-7-22-28(36-23)39(27(35-22)21-2-1-12-33-26(21)31)20-5-3-18(4-6-20)17-38-14-10-19(11-15-38)34-24-9-13-32-25(16-30)37-24;2*1-2/h1-9,12-13,19H,10-11,14-15,17H2,(H2,31,33)(H,32,34,37);1-2H3;1H3. The smallest absolute Gasteiger partial charge is 0.234 e. The normalized spacial score (nSPS) is 13.3. The molecule has 0 amide bonds. The molecule has 1 fully saturated rings. The van der Waals surface area contributed by atoms with Gasteiger partial charge in [-0.3, -0.25) is 9.47 Å². The molecule has 1 aliphatic rings. The topological polar surface area (TPSA) is 134 Å². The van der Waals surface area contributed by atoms with E-state index < -0.39 is 0 Å². The second kappa shape index (κ2) is 15.1. The Morgan fingerprint density at radius 3 is 2.42 bits per heavy atom.